The van der Waals surface area contributed by atoms with Crippen molar-refractivity contribution in [3.63, 3.8) is 0 Å². The molecule has 2 unspecified atom stereocenters. The Morgan fingerprint density at radius 1 is 1.18 bits per heavy atom. The molecule has 0 spiro atoms. The van der Waals surface area contributed by atoms with Crippen LogP contribution >= 0.6 is 11.6 Å². The van der Waals surface area contributed by atoms with Crippen molar-refractivity contribution in [2.45, 2.75) is 32.3 Å². The van der Waals surface area contributed by atoms with E-state index in [1.165, 1.54) is 0 Å². The molecule has 0 aliphatic carbocycles. The average molecular weight is 177 g/mol. The average Bonchev–Trinajstić information content (AvgIpc) is 1.86. The second-order valence-corrected chi connectivity index (χ2v) is 4.73. The maximum absolute atomic E-state index is 5.86. The molecule has 0 radical (unpaired) electrons. The third kappa shape index (κ3) is 2.62. The molecule has 0 bridgehead atoms. The van der Waals surface area contributed by atoms with Crippen molar-refractivity contribution in [1.29, 1.82) is 0 Å². The summed E-state index contributed by atoms with van der Waals surface area (Å²) in [6, 6.07) is 0.539. The molecule has 0 saturated carbocycles. The molecule has 1 rings (SSSR count). The standard InChI is InChI=1S/C8H17ClN2/c1-8(2,3)6-4-11-7(9)5-10-6/h6-7,10-11H,4-5H2,1-3H3. The molecule has 2 atom stereocenters. The summed E-state index contributed by atoms with van der Waals surface area (Å²) in [6.45, 7) is 8.55. The Bertz CT molecular complexity index is 123. The number of alkyl halides is 1. The van der Waals surface area contributed by atoms with Crippen LogP contribution in [0.5, 0.6) is 0 Å². The van der Waals surface area contributed by atoms with Gasteiger partial charge in [0.1, 0.15) is 0 Å². The maximum Gasteiger partial charge on any atom is 0.0952 e. The fraction of sp³-hybridized carbons (Fsp3) is 1.00. The normalized spacial score (nSPS) is 33.8. The van der Waals surface area contributed by atoms with E-state index in [2.05, 4.69) is 31.4 Å². The van der Waals surface area contributed by atoms with Gasteiger partial charge in [-0.1, -0.05) is 20.8 Å². The Hall–Kier alpha value is 0.210. The molecule has 0 amide bonds. The van der Waals surface area contributed by atoms with E-state index in [4.69, 9.17) is 11.6 Å². The Kier molecular flexibility index (Phi) is 2.79. The molecule has 66 valence electrons. The molecule has 11 heavy (non-hydrogen) atoms. The van der Waals surface area contributed by atoms with Crippen molar-refractivity contribution in [2.24, 2.45) is 5.41 Å². The van der Waals surface area contributed by atoms with Gasteiger partial charge in [0.25, 0.3) is 0 Å². The number of hydrogen-bond acceptors (Lipinski definition) is 2. The number of piperazine rings is 1. The zero-order valence-corrected chi connectivity index (χ0v) is 8.20. The van der Waals surface area contributed by atoms with Crippen LogP contribution in [0.2, 0.25) is 0 Å². The predicted octanol–water partition coefficient (Wildman–Crippen LogP) is 1.16. The number of hydrogen-bond donors (Lipinski definition) is 2. The molecule has 1 aliphatic heterocycles. The summed E-state index contributed by atoms with van der Waals surface area (Å²) in [4.78, 5) is 0. The van der Waals surface area contributed by atoms with E-state index in [9.17, 15) is 0 Å². The largest absolute Gasteiger partial charge is 0.309 e. The van der Waals surface area contributed by atoms with Crippen LogP contribution in [0.25, 0.3) is 0 Å². The zero-order chi connectivity index (χ0) is 8.48. The van der Waals surface area contributed by atoms with Crippen molar-refractivity contribution in [3.05, 3.63) is 0 Å². The van der Waals surface area contributed by atoms with Crippen LogP contribution in [0, 0.1) is 5.41 Å². The monoisotopic (exact) mass is 176 g/mol. The second kappa shape index (κ2) is 3.30. The van der Waals surface area contributed by atoms with Gasteiger partial charge >= 0.3 is 0 Å². The van der Waals surface area contributed by atoms with Gasteiger partial charge in [0.2, 0.25) is 0 Å². The SMILES string of the molecule is CC(C)(C)C1CNC(Cl)CN1. The van der Waals surface area contributed by atoms with Crippen molar-refractivity contribution < 1.29 is 0 Å². The molecule has 0 aromatic rings. The second-order valence-electron chi connectivity index (χ2n) is 4.20. The first-order valence-corrected chi connectivity index (χ1v) is 4.54. The molecule has 1 heterocycles. The van der Waals surface area contributed by atoms with E-state index in [-0.39, 0.29) is 5.50 Å². The lowest BCUT2D eigenvalue weighted by atomic mass is 9.86. The Labute approximate surface area is 73.7 Å². The summed E-state index contributed by atoms with van der Waals surface area (Å²) in [5.74, 6) is 0. The molecular formula is C8H17ClN2. The van der Waals surface area contributed by atoms with E-state index in [1.54, 1.807) is 0 Å². The van der Waals surface area contributed by atoms with Crippen LogP contribution in [0.3, 0.4) is 0 Å². The first-order chi connectivity index (χ1) is 5.00. The maximum atomic E-state index is 5.86. The highest BCUT2D eigenvalue weighted by Crippen LogP contribution is 2.20. The fourth-order valence-electron chi connectivity index (χ4n) is 1.25. The van der Waals surface area contributed by atoms with Gasteiger partial charge in [-0.3, -0.25) is 5.32 Å². The van der Waals surface area contributed by atoms with Gasteiger partial charge in [-0.25, -0.2) is 0 Å². The third-order valence-electron chi connectivity index (χ3n) is 2.13. The molecule has 2 N–H and O–H groups in total. The van der Waals surface area contributed by atoms with Crippen molar-refractivity contribution in [2.75, 3.05) is 13.1 Å². The zero-order valence-electron chi connectivity index (χ0n) is 7.45. The van der Waals surface area contributed by atoms with Crippen LogP contribution in [-0.4, -0.2) is 24.6 Å². The van der Waals surface area contributed by atoms with Crippen molar-refractivity contribution >= 4 is 11.6 Å². The lowest BCUT2D eigenvalue weighted by Gasteiger charge is -2.36. The summed E-state index contributed by atoms with van der Waals surface area (Å²) in [7, 11) is 0. The van der Waals surface area contributed by atoms with Crippen LogP contribution in [-0.2, 0) is 0 Å². The van der Waals surface area contributed by atoms with Crippen LogP contribution < -0.4 is 10.6 Å². The molecule has 0 aromatic heterocycles. The highest BCUT2D eigenvalue weighted by Gasteiger charge is 2.27. The predicted molar refractivity (Wildman–Crippen MR) is 48.9 cm³/mol. The van der Waals surface area contributed by atoms with Crippen molar-refractivity contribution in [3.8, 4) is 0 Å². The van der Waals surface area contributed by atoms with Crippen LogP contribution in [0.1, 0.15) is 20.8 Å². The summed E-state index contributed by atoms with van der Waals surface area (Å²) < 4.78 is 0. The molecule has 3 heteroatoms. The summed E-state index contributed by atoms with van der Waals surface area (Å²) in [6.07, 6.45) is 0. The number of nitrogens with one attached hydrogen (secondary N) is 2. The van der Waals surface area contributed by atoms with Crippen molar-refractivity contribution in [1.82, 2.24) is 10.6 Å². The molecule has 1 aliphatic rings. The van der Waals surface area contributed by atoms with Gasteiger partial charge in [-0.15, -0.1) is 11.6 Å². The first kappa shape index (κ1) is 9.30. The van der Waals surface area contributed by atoms with Gasteiger partial charge in [0.05, 0.1) is 5.50 Å². The minimum atomic E-state index is 0.105. The Balaban J connectivity index is 2.39. The van der Waals surface area contributed by atoms with E-state index >= 15 is 0 Å². The van der Waals surface area contributed by atoms with E-state index in [0.717, 1.165) is 13.1 Å². The van der Waals surface area contributed by atoms with Gasteiger partial charge in [0, 0.05) is 19.1 Å². The van der Waals surface area contributed by atoms with E-state index < -0.39 is 0 Å². The van der Waals surface area contributed by atoms with Gasteiger partial charge in [-0.05, 0) is 5.41 Å². The van der Waals surface area contributed by atoms with Gasteiger partial charge in [0.15, 0.2) is 0 Å². The number of halogens is 1. The highest BCUT2D eigenvalue weighted by atomic mass is 35.5. The molecule has 1 fully saturated rings. The Morgan fingerprint density at radius 2 is 1.82 bits per heavy atom. The summed E-state index contributed by atoms with van der Waals surface area (Å²) in [5, 5.41) is 6.66. The first-order valence-electron chi connectivity index (χ1n) is 4.11. The van der Waals surface area contributed by atoms with Gasteiger partial charge in [-0.2, -0.15) is 0 Å². The highest BCUT2D eigenvalue weighted by molar-refractivity contribution is 6.20. The fourth-order valence-corrected chi connectivity index (χ4v) is 1.43. The van der Waals surface area contributed by atoms with Crippen LogP contribution in [0.15, 0.2) is 0 Å². The minimum Gasteiger partial charge on any atom is -0.309 e. The molecule has 2 nitrogen and oxygen atoms in total. The Morgan fingerprint density at radius 3 is 2.18 bits per heavy atom. The van der Waals surface area contributed by atoms with E-state index in [1.807, 2.05) is 0 Å². The molecule has 1 saturated heterocycles. The summed E-state index contributed by atoms with van der Waals surface area (Å²) in [5.41, 5.74) is 0.429. The third-order valence-corrected chi connectivity index (χ3v) is 2.44. The quantitative estimate of drug-likeness (QED) is 0.428. The summed E-state index contributed by atoms with van der Waals surface area (Å²) >= 11 is 5.86. The molecular weight excluding hydrogens is 160 g/mol. The van der Waals surface area contributed by atoms with Gasteiger partial charge < -0.3 is 5.32 Å². The minimum absolute atomic E-state index is 0.105. The number of rotatable bonds is 0. The topological polar surface area (TPSA) is 24.1 Å². The van der Waals surface area contributed by atoms with Crippen LogP contribution in [0.4, 0.5) is 0 Å². The molecule has 0 aromatic carbocycles. The smallest absolute Gasteiger partial charge is 0.0952 e. The lowest BCUT2D eigenvalue weighted by molar-refractivity contribution is 0.232. The lowest BCUT2D eigenvalue weighted by Crippen LogP contribution is -2.57. The van der Waals surface area contributed by atoms with E-state index in [0.29, 0.717) is 11.5 Å².